The number of carbonyl (C=O) groups is 1. The summed E-state index contributed by atoms with van der Waals surface area (Å²) in [6, 6.07) is 11.2. The third-order valence-electron chi connectivity index (χ3n) is 4.69. The largest absolute Gasteiger partial charge is 0.436 e. The van der Waals surface area contributed by atoms with Crippen LogP contribution in [0.25, 0.3) is 22.6 Å². The highest BCUT2D eigenvalue weighted by Crippen LogP contribution is 2.30. The van der Waals surface area contributed by atoms with Crippen molar-refractivity contribution in [3.05, 3.63) is 48.3 Å². The summed E-state index contributed by atoms with van der Waals surface area (Å²) in [5, 5.41) is 2.87. The average Bonchev–Trinajstić information content (AvgIpc) is 3.22. The van der Waals surface area contributed by atoms with Crippen molar-refractivity contribution in [2.75, 3.05) is 5.32 Å². The molecule has 5 nitrogen and oxygen atoms in total. The molecule has 1 aromatic heterocycles. The second-order valence-electron chi connectivity index (χ2n) is 6.53. The molecule has 1 saturated carbocycles. The fourth-order valence-corrected chi connectivity index (χ4v) is 3.21. The smallest absolute Gasteiger partial charge is 0.244 e. The van der Waals surface area contributed by atoms with E-state index in [1.54, 1.807) is 30.3 Å². The van der Waals surface area contributed by atoms with Gasteiger partial charge in [0.15, 0.2) is 5.58 Å². The van der Waals surface area contributed by atoms with E-state index in [0.29, 0.717) is 41.1 Å². The molecule has 0 unspecified atom stereocenters. The lowest BCUT2D eigenvalue weighted by atomic mass is 9.98. The summed E-state index contributed by atoms with van der Waals surface area (Å²) < 4.78 is 18.8. The summed E-state index contributed by atoms with van der Waals surface area (Å²) in [5.74, 6) is -0.0697. The monoisotopic (exact) mass is 339 g/mol. The molecule has 6 heteroatoms. The van der Waals surface area contributed by atoms with E-state index >= 15 is 0 Å². The Morgan fingerprint density at radius 2 is 1.88 bits per heavy atom. The molecule has 0 aliphatic heterocycles. The van der Waals surface area contributed by atoms with Crippen LogP contribution in [0.4, 0.5) is 10.1 Å². The Labute approximate surface area is 144 Å². The third-order valence-corrected chi connectivity index (χ3v) is 4.69. The van der Waals surface area contributed by atoms with Crippen LogP contribution in [0.5, 0.6) is 0 Å². The standard InChI is InChI=1S/C19H18FN3O2/c20-13-5-3-12(4-6-13)17-23-15-8-7-14(11-16(15)25-17)22-18(24)19(21)9-1-2-10-19/h3-8,11H,1-2,9-10,21H2,(H,22,24). The molecule has 3 aromatic rings. The number of rotatable bonds is 3. The number of halogens is 1. The zero-order valence-corrected chi connectivity index (χ0v) is 13.6. The van der Waals surface area contributed by atoms with Crippen molar-refractivity contribution in [2.24, 2.45) is 5.73 Å². The highest BCUT2D eigenvalue weighted by molar-refractivity contribution is 5.99. The predicted octanol–water partition coefficient (Wildman–Crippen LogP) is 3.84. The van der Waals surface area contributed by atoms with Gasteiger partial charge in [0.25, 0.3) is 0 Å². The lowest BCUT2D eigenvalue weighted by Crippen LogP contribution is -2.48. The first-order valence-corrected chi connectivity index (χ1v) is 8.30. The zero-order chi connectivity index (χ0) is 17.4. The molecule has 1 amide bonds. The number of fused-ring (bicyclic) bond motifs is 1. The van der Waals surface area contributed by atoms with Gasteiger partial charge in [-0.15, -0.1) is 0 Å². The van der Waals surface area contributed by atoms with Gasteiger partial charge in [0, 0.05) is 17.3 Å². The number of oxazole rings is 1. The first-order chi connectivity index (χ1) is 12.0. The number of hydrogen-bond acceptors (Lipinski definition) is 4. The number of carbonyl (C=O) groups excluding carboxylic acids is 1. The lowest BCUT2D eigenvalue weighted by molar-refractivity contribution is -0.121. The van der Waals surface area contributed by atoms with Crippen molar-refractivity contribution in [1.82, 2.24) is 4.98 Å². The van der Waals surface area contributed by atoms with E-state index in [2.05, 4.69) is 10.3 Å². The summed E-state index contributed by atoms with van der Waals surface area (Å²) in [6.45, 7) is 0. The second kappa shape index (κ2) is 5.97. The van der Waals surface area contributed by atoms with Crippen molar-refractivity contribution in [3.63, 3.8) is 0 Å². The molecule has 1 fully saturated rings. The normalized spacial score (nSPS) is 16.2. The minimum atomic E-state index is -0.782. The number of nitrogens with zero attached hydrogens (tertiary/aromatic N) is 1. The van der Waals surface area contributed by atoms with E-state index < -0.39 is 5.54 Å². The van der Waals surface area contributed by atoms with Crippen LogP contribution in [0.1, 0.15) is 25.7 Å². The number of hydrogen-bond donors (Lipinski definition) is 2. The summed E-state index contributed by atoms with van der Waals surface area (Å²) >= 11 is 0. The topological polar surface area (TPSA) is 81.2 Å². The van der Waals surface area contributed by atoms with Gasteiger partial charge >= 0.3 is 0 Å². The van der Waals surface area contributed by atoms with Gasteiger partial charge < -0.3 is 15.5 Å². The van der Waals surface area contributed by atoms with Crippen molar-refractivity contribution in [2.45, 2.75) is 31.2 Å². The van der Waals surface area contributed by atoms with Crippen LogP contribution in [0.2, 0.25) is 0 Å². The molecule has 0 atom stereocenters. The highest BCUT2D eigenvalue weighted by Gasteiger charge is 2.37. The molecule has 1 aliphatic carbocycles. The summed E-state index contributed by atoms with van der Waals surface area (Å²) in [5.41, 5.74) is 7.92. The Hall–Kier alpha value is -2.73. The average molecular weight is 339 g/mol. The van der Waals surface area contributed by atoms with Crippen LogP contribution in [-0.4, -0.2) is 16.4 Å². The van der Waals surface area contributed by atoms with Crippen LogP contribution in [0, 0.1) is 5.82 Å². The van der Waals surface area contributed by atoms with Gasteiger partial charge in [-0.2, -0.15) is 0 Å². The molecule has 4 rings (SSSR count). The zero-order valence-electron chi connectivity index (χ0n) is 13.6. The second-order valence-corrected chi connectivity index (χ2v) is 6.53. The molecule has 2 aromatic carbocycles. The Morgan fingerprint density at radius 1 is 1.16 bits per heavy atom. The number of amides is 1. The van der Waals surface area contributed by atoms with E-state index in [1.165, 1.54) is 12.1 Å². The summed E-state index contributed by atoms with van der Waals surface area (Å²) in [6.07, 6.45) is 3.37. The Morgan fingerprint density at radius 3 is 2.60 bits per heavy atom. The number of anilines is 1. The van der Waals surface area contributed by atoms with E-state index in [-0.39, 0.29) is 11.7 Å². The fourth-order valence-electron chi connectivity index (χ4n) is 3.21. The minimum absolute atomic E-state index is 0.164. The van der Waals surface area contributed by atoms with E-state index in [4.69, 9.17) is 10.2 Å². The highest BCUT2D eigenvalue weighted by atomic mass is 19.1. The van der Waals surface area contributed by atoms with Crippen LogP contribution in [0.3, 0.4) is 0 Å². The van der Waals surface area contributed by atoms with Gasteiger partial charge in [-0.3, -0.25) is 4.79 Å². The Balaban J connectivity index is 1.60. The van der Waals surface area contributed by atoms with E-state index in [9.17, 15) is 9.18 Å². The maximum absolute atomic E-state index is 13.0. The molecule has 3 N–H and O–H groups in total. The number of nitrogens with one attached hydrogen (secondary N) is 1. The van der Waals surface area contributed by atoms with Crippen molar-refractivity contribution < 1.29 is 13.6 Å². The van der Waals surface area contributed by atoms with Gasteiger partial charge in [0.1, 0.15) is 11.3 Å². The minimum Gasteiger partial charge on any atom is -0.436 e. The molecule has 1 heterocycles. The molecule has 0 saturated heterocycles. The molecule has 25 heavy (non-hydrogen) atoms. The molecule has 0 radical (unpaired) electrons. The molecular formula is C19H18FN3O2. The van der Waals surface area contributed by atoms with Gasteiger partial charge in [0.2, 0.25) is 11.8 Å². The van der Waals surface area contributed by atoms with Gasteiger partial charge in [-0.05, 0) is 49.2 Å². The Bertz CT molecular complexity index is 927. The molecule has 1 aliphatic rings. The number of benzene rings is 2. The fraction of sp³-hybridized carbons (Fsp3) is 0.263. The predicted molar refractivity (Wildman–Crippen MR) is 93.4 cm³/mol. The quantitative estimate of drug-likeness (QED) is 0.759. The van der Waals surface area contributed by atoms with Crippen molar-refractivity contribution in [1.29, 1.82) is 0 Å². The van der Waals surface area contributed by atoms with Crippen molar-refractivity contribution in [3.8, 4) is 11.5 Å². The van der Waals surface area contributed by atoms with Crippen LogP contribution >= 0.6 is 0 Å². The molecule has 0 spiro atoms. The SMILES string of the molecule is NC1(C(=O)Nc2ccc3nc(-c4ccc(F)cc4)oc3c2)CCCC1. The van der Waals surface area contributed by atoms with E-state index in [1.807, 2.05) is 0 Å². The maximum Gasteiger partial charge on any atom is 0.244 e. The van der Waals surface area contributed by atoms with Gasteiger partial charge in [-0.25, -0.2) is 9.37 Å². The van der Waals surface area contributed by atoms with Gasteiger partial charge in [-0.1, -0.05) is 12.8 Å². The first-order valence-electron chi connectivity index (χ1n) is 8.30. The first kappa shape index (κ1) is 15.8. The summed E-state index contributed by atoms with van der Waals surface area (Å²) in [7, 11) is 0. The number of nitrogens with two attached hydrogens (primary N) is 1. The number of aromatic nitrogens is 1. The van der Waals surface area contributed by atoms with Crippen LogP contribution < -0.4 is 11.1 Å². The van der Waals surface area contributed by atoms with Crippen LogP contribution in [0.15, 0.2) is 46.9 Å². The van der Waals surface area contributed by atoms with Crippen molar-refractivity contribution >= 4 is 22.7 Å². The molecule has 128 valence electrons. The maximum atomic E-state index is 13.0. The summed E-state index contributed by atoms with van der Waals surface area (Å²) in [4.78, 5) is 16.8. The lowest BCUT2D eigenvalue weighted by Gasteiger charge is -2.22. The van der Waals surface area contributed by atoms with Crippen LogP contribution in [-0.2, 0) is 4.79 Å². The molecular weight excluding hydrogens is 321 g/mol. The third kappa shape index (κ3) is 3.00. The molecule has 0 bridgehead atoms. The van der Waals surface area contributed by atoms with Gasteiger partial charge in [0.05, 0.1) is 5.54 Å². The Kier molecular flexibility index (Phi) is 3.77. The van der Waals surface area contributed by atoms with E-state index in [0.717, 1.165) is 12.8 Å².